The van der Waals surface area contributed by atoms with Gasteiger partial charge in [-0.05, 0) is 0 Å². The number of hydrogen-bond acceptors (Lipinski definition) is 2. The number of hydrogen-bond donors (Lipinski definition) is 0. The fourth-order valence-electron chi connectivity index (χ4n) is 0.356. The average Bonchev–Trinajstić information content (AvgIpc) is 1.55. The Morgan fingerprint density at radius 1 is 1.44 bits per heavy atom. The minimum Gasteiger partial charge on any atom is -0.423 e. The standard InChI is InChI=1S/C4HCl3O2/c5-4(6,7)2-1-3(8)9-2/h1H. The van der Waals surface area contributed by atoms with E-state index in [0.29, 0.717) is 0 Å². The van der Waals surface area contributed by atoms with E-state index in [2.05, 4.69) is 4.74 Å². The van der Waals surface area contributed by atoms with E-state index >= 15 is 0 Å². The van der Waals surface area contributed by atoms with Gasteiger partial charge in [0.1, 0.15) is 0 Å². The van der Waals surface area contributed by atoms with Crippen LogP contribution in [0.4, 0.5) is 0 Å². The van der Waals surface area contributed by atoms with Crippen molar-refractivity contribution < 1.29 is 9.53 Å². The lowest BCUT2D eigenvalue weighted by atomic mass is 10.4. The second-order valence-electron chi connectivity index (χ2n) is 1.43. The highest BCUT2D eigenvalue weighted by Crippen LogP contribution is 2.38. The summed E-state index contributed by atoms with van der Waals surface area (Å²) in [6.07, 6.45) is 1.13. The second kappa shape index (κ2) is 2.04. The molecule has 9 heavy (non-hydrogen) atoms. The molecular weight excluding hydrogens is 186 g/mol. The van der Waals surface area contributed by atoms with Crippen LogP contribution in [0.5, 0.6) is 0 Å². The van der Waals surface area contributed by atoms with E-state index in [9.17, 15) is 4.79 Å². The van der Waals surface area contributed by atoms with E-state index in [0.717, 1.165) is 6.08 Å². The number of ether oxygens (including phenoxy) is 1. The van der Waals surface area contributed by atoms with Crippen molar-refractivity contribution >= 4 is 40.8 Å². The van der Waals surface area contributed by atoms with E-state index in [-0.39, 0.29) is 5.76 Å². The third-order valence-electron chi connectivity index (χ3n) is 0.739. The molecule has 1 rings (SSSR count). The summed E-state index contributed by atoms with van der Waals surface area (Å²) in [6.45, 7) is 0. The summed E-state index contributed by atoms with van der Waals surface area (Å²) in [4.78, 5) is 10.1. The third-order valence-corrected chi connectivity index (χ3v) is 1.30. The number of alkyl halides is 3. The van der Waals surface area contributed by atoms with Gasteiger partial charge < -0.3 is 4.74 Å². The highest BCUT2D eigenvalue weighted by Gasteiger charge is 2.35. The molecule has 0 atom stereocenters. The summed E-state index contributed by atoms with van der Waals surface area (Å²) in [7, 11) is 0. The Labute approximate surface area is 66.3 Å². The van der Waals surface area contributed by atoms with Crippen molar-refractivity contribution in [3.63, 3.8) is 0 Å². The third kappa shape index (κ3) is 1.51. The zero-order valence-corrected chi connectivity index (χ0v) is 6.30. The monoisotopic (exact) mass is 186 g/mol. The predicted octanol–water partition coefficient (Wildman–Crippen LogP) is 1.80. The molecule has 0 saturated heterocycles. The minimum atomic E-state index is -1.59. The zero-order chi connectivity index (χ0) is 7.07. The summed E-state index contributed by atoms with van der Waals surface area (Å²) in [5.74, 6) is -0.395. The molecule has 1 aliphatic rings. The molecule has 0 radical (unpaired) electrons. The van der Waals surface area contributed by atoms with Crippen molar-refractivity contribution in [2.24, 2.45) is 0 Å². The first-order valence-electron chi connectivity index (χ1n) is 2.01. The fourth-order valence-corrected chi connectivity index (χ4v) is 0.635. The molecule has 0 unspecified atom stereocenters. The lowest BCUT2D eigenvalue weighted by Crippen LogP contribution is -2.23. The smallest absolute Gasteiger partial charge is 0.339 e. The van der Waals surface area contributed by atoms with Crippen LogP contribution in [-0.2, 0) is 9.53 Å². The zero-order valence-electron chi connectivity index (χ0n) is 4.03. The summed E-state index contributed by atoms with van der Waals surface area (Å²) >= 11 is 15.9. The lowest BCUT2D eigenvalue weighted by molar-refractivity contribution is -0.138. The molecule has 0 fully saturated rings. The highest BCUT2D eigenvalue weighted by atomic mass is 35.6. The van der Waals surface area contributed by atoms with Crippen LogP contribution in [0.3, 0.4) is 0 Å². The highest BCUT2D eigenvalue weighted by molar-refractivity contribution is 6.69. The molecule has 0 amide bonds. The largest absolute Gasteiger partial charge is 0.423 e. The van der Waals surface area contributed by atoms with Gasteiger partial charge in [0.2, 0.25) is 3.79 Å². The first-order valence-corrected chi connectivity index (χ1v) is 3.14. The molecule has 0 spiro atoms. The van der Waals surface area contributed by atoms with Gasteiger partial charge in [-0.25, -0.2) is 4.79 Å². The van der Waals surface area contributed by atoms with Crippen molar-refractivity contribution in [3.05, 3.63) is 11.8 Å². The van der Waals surface area contributed by atoms with Crippen LogP contribution in [-0.4, -0.2) is 9.76 Å². The maximum atomic E-state index is 10.1. The number of halogens is 3. The summed E-state index contributed by atoms with van der Waals surface area (Å²) in [5.41, 5.74) is 0. The Balaban J connectivity index is 2.69. The number of carbonyl (C=O) groups excluding carboxylic acids is 1. The van der Waals surface area contributed by atoms with Crippen molar-refractivity contribution in [1.29, 1.82) is 0 Å². The minimum absolute atomic E-state index is 0.0810. The Hall–Kier alpha value is 0.0800. The van der Waals surface area contributed by atoms with E-state index in [1.165, 1.54) is 0 Å². The molecule has 0 aromatic carbocycles. The van der Waals surface area contributed by atoms with Gasteiger partial charge in [0.15, 0.2) is 5.76 Å². The maximum absolute atomic E-state index is 10.1. The van der Waals surface area contributed by atoms with Crippen molar-refractivity contribution in [3.8, 4) is 0 Å². The summed E-state index contributed by atoms with van der Waals surface area (Å²) in [5, 5.41) is 0. The fraction of sp³-hybridized carbons (Fsp3) is 0.250. The second-order valence-corrected chi connectivity index (χ2v) is 3.71. The van der Waals surface area contributed by atoms with Crippen LogP contribution >= 0.6 is 34.8 Å². The lowest BCUT2D eigenvalue weighted by Gasteiger charge is -2.19. The summed E-state index contributed by atoms with van der Waals surface area (Å²) < 4.78 is 2.74. The number of carbonyl (C=O) groups is 1. The van der Waals surface area contributed by atoms with Crippen LogP contribution in [0.1, 0.15) is 0 Å². The summed E-state index contributed by atoms with van der Waals surface area (Å²) in [6, 6.07) is 0. The van der Waals surface area contributed by atoms with E-state index in [1.807, 2.05) is 0 Å². The van der Waals surface area contributed by atoms with Crippen LogP contribution in [0, 0.1) is 0 Å². The number of cyclic esters (lactones) is 1. The molecule has 0 aliphatic carbocycles. The predicted molar refractivity (Wildman–Crippen MR) is 34.5 cm³/mol. The van der Waals surface area contributed by atoms with Crippen molar-refractivity contribution in [1.82, 2.24) is 0 Å². The first-order chi connectivity index (χ1) is 4.00. The topological polar surface area (TPSA) is 26.3 Å². The Bertz CT molecular complexity index is 179. The number of rotatable bonds is 0. The molecule has 50 valence electrons. The Kier molecular flexibility index (Phi) is 1.63. The molecule has 1 aliphatic heterocycles. The molecule has 0 bridgehead atoms. The van der Waals surface area contributed by atoms with Gasteiger partial charge in [-0.1, -0.05) is 34.8 Å². The molecule has 0 N–H and O–H groups in total. The molecule has 1 heterocycles. The van der Waals surface area contributed by atoms with Crippen LogP contribution in [0.2, 0.25) is 0 Å². The van der Waals surface area contributed by atoms with Crippen LogP contribution in [0.25, 0.3) is 0 Å². The first kappa shape index (κ1) is 7.19. The van der Waals surface area contributed by atoms with Gasteiger partial charge in [-0.15, -0.1) is 0 Å². The molecular formula is C4HCl3O2. The van der Waals surface area contributed by atoms with Gasteiger partial charge >= 0.3 is 5.97 Å². The number of esters is 1. The normalized spacial score (nSPS) is 18.1. The molecule has 0 saturated carbocycles. The molecule has 0 aromatic rings. The quantitative estimate of drug-likeness (QED) is 0.427. The van der Waals surface area contributed by atoms with Gasteiger partial charge in [0.05, 0.1) is 6.08 Å². The van der Waals surface area contributed by atoms with Gasteiger partial charge in [0, 0.05) is 0 Å². The van der Waals surface area contributed by atoms with Gasteiger partial charge in [-0.3, -0.25) is 0 Å². The Morgan fingerprint density at radius 3 is 2.00 bits per heavy atom. The van der Waals surface area contributed by atoms with Crippen molar-refractivity contribution in [2.45, 2.75) is 3.79 Å². The molecule has 0 aromatic heterocycles. The Morgan fingerprint density at radius 2 is 1.89 bits per heavy atom. The van der Waals surface area contributed by atoms with E-state index in [4.69, 9.17) is 34.8 Å². The average molecular weight is 187 g/mol. The molecule has 2 nitrogen and oxygen atoms in total. The van der Waals surface area contributed by atoms with E-state index in [1.54, 1.807) is 0 Å². The SMILES string of the molecule is O=C1C=C(C(Cl)(Cl)Cl)O1. The van der Waals surface area contributed by atoms with Gasteiger partial charge in [-0.2, -0.15) is 0 Å². The van der Waals surface area contributed by atoms with Crippen LogP contribution in [0.15, 0.2) is 11.8 Å². The van der Waals surface area contributed by atoms with Gasteiger partial charge in [0.25, 0.3) is 0 Å². The van der Waals surface area contributed by atoms with Crippen molar-refractivity contribution in [2.75, 3.05) is 0 Å². The number of allylic oxidation sites excluding steroid dienone is 1. The maximum Gasteiger partial charge on any atom is 0.339 e. The van der Waals surface area contributed by atoms with E-state index < -0.39 is 9.76 Å². The molecule has 5 heteroatoms. The van der Waals surface area contributed by atoms with Crippen LogP contribution < -0.4 is 0 Å².